The summed E-state index contributed by atoms with van der Waals surface area (Å²) in [6.07, 6.45) is 17.5. The zero-order valence-corrected chi connectivity index (χ0v) is 14.9. The molecule has 0 N–H and O–H groups in total. The molecule has 2 heteroatoms. The van der Waals surface area contributed by atoms with E-state index in [9.17, 15) is 4.39 Å². The highest BCUT2D eigenvalue weighted by Gasteiger charge is 2.28. The molecule has 0 atom stereocenters. The maximum atomic E-state index is 12.8. The Labute approximate surface area is 145 Å². The van der Waals surface area contributed by atoms with E-state index in [-0.39, 0.29) is 5.82 Å². The largest absolute Gasteiger partial charge is 0.498 e. The van der Waals surface area contributed by atoms with Crippen molar-refractivity contribution in [2.75, 3.05) is 6.61 Å². The molecule has 0 radical (unpaired) electrons. The van der Waals surface area contributed by atoms with Gasteiger partial charge in [-0.05, 0) is 49.0 Å². The third-order valence-electron chi connectivity index (χ3n) is 4.79. The normalized spacial score (nSPS) is 18.9. The van der Waals surface area contributed by atoms with Gasteiger partial charge in [0.25, 0.3) is 0 Å². The van der Waals surface area contributed by atoms with Gasteiger partial charge in [-0.15, -0.1) is 0 Å². The molecule has 0 bridgehead atoms. The monoisotopic (exact) mass is 328 g/mol. The van der Waals surface area contributed by atoms with Crippen LogP contribution in [0, 0.1) is 5.82 Å². The number of hydrogen-bond acceptors (Lipinski definition) is 1. The molecule has 0 amide bonds. The van der Waals surface area contributed by atoms with Gasteiger partial charge in [-0.25, -0.2) is 4.39 Å². The van der Waals surface area contributed by atoms with Crippen molar-refractivity contribution < 1.29 is 9.13 Å². The maximum absolute atomic E-state index is 12.8. The molecular formula is C22H29FO. The van der Waals surface area contributed by atoms with Crippen LogP contribution in [0.2, 0.25) is 0 Å². The van der Waals surface area contributed by atoms with Gasteiger partial charge < -0.3 is 4.74 Å². The first-order valence-electron chi connectivity index (χ1n) is 9.05. The fraction of sp³-hybridized carbons (Fsp3) is 0.455. The van der Waals surface area contributed by atoms with Gasteiger partial charge in [0.1, 0.15) is 5.82 Å². The Morgan fingerprint density at radius 3 is 2.38 bits per heavy atom. The van der Waals surface area contributed by atoms with Crippen LogP contribution in [0.5, 0.6) is 0 Å². The van der Waals surface area contributed by atoms with Crippen LogP contribution in [0.1, 0.15) is 57.9 Å². The summed E-state index contributed by atoms with van der Waals surface area (Å²) in [4.78, 5) is 0. The highest BCUT2D eigenvalue weighted by Crippen LogP contribution is 2.38. The molecule has 1 nitrogen and oxygen atoms in total. The van der Waals surface area contributed by atoms with Crippen molar-refractivity contribution in [1.29, 1.82) is 0 Å². The van der Waals surface area contributed by atoms with Gasteiger partial charge in [0.05, 0.1) is 12.4 Å². The van der Waals surface area contributed by atoms with E-state index in [0.29, 0.717) is 5.41 Å². The third kappa shape index (κ3) is 5.67. The molecule has 3 rings (SSSR count). The van der Waals surface area contributed by atoms with E-state index in [4.69, 9.17) is 4.74 Å². The van der Waals surface area contributed by atoms with E-state index in [1.54, 1.807) is 12.1 Å². The highest BCUT2D eigenvalue weighted by atomic mass is 19.1. The minimum atomic E-state index is -0.131. The molecule has 0 unspecified atom stereocenters. The summed E-state index contributed by atoms with van der Waals surface area (Å²) in [5, 5.41) is 0. The Bertz CT molecular complexity index is 574. The third-order valence-corrected chi connectivity index (χ3v) is 4.79. The number of hydrogen-bond donors (Lipinski definition) is 0. The predicted octanol–water partition coefficient (Wildman–Crippen LogP) is 6.47. The second kappa shape index (κ2) is 9.46. The number of halogens is 1. The molecule has 0 spiro atoms. The molecule has 0 saturated heterocycles. The molecule has 130 valence electrons. The summed E-state index contributed by atoms with van der Waals surface area (Å²) < 4.78 is 18.1. The lowest BCUT2D eigenvalue weighted by Gasteiger charge is -2.34. The average molecular weight is 328 g/mol. The lowest BCUT2D eigenvalue weighted by molar-refractivity contribution is 0.224. The van der Waals surface area contributed by atoms with Crippen molar-refractivity contribution in [3.8, 4) is 0 Å². The first-order chi connectivity index (χ1) is 11.6. The summed E-state index contributed by atoms with van der Waals surface area (Å²) >= 11 is 0. The number of benzene rings is 1. The van der Waals surface area contributed by atoms with Gasteiger partial charge in [-0.3, -0.25) is 0 Å². The summed E-state index contributed by atoms with van der Waals surface area (Å²) in [6.45, 7) is 5.06. The van der Waals surface area contributed by atoms with Crippen molar-refractivity contribution >= 4 is 0 Å². The van der Waals surface area contributed by atoms with Crippen molar-refractivity contribution in [3.05, 3.63) is 71.8 Å². The van der Waals surface area contributed by atoms with Crippen LogP contribution < -0.4 is 0 Å². The molecule has 1 aromatic rings. The first kappa shape index (κ1) is 18.5. The van der Waals surface area contributed by atoms with E-state index in [2.05, 4.69) is 13.0 Å². The van der Waals surface area contributed by atoms with Crippen LogP contribution in [-0.2, 0) is 10.2 Å². The zero-order valence-electron chi connectivity index (χ0n) is 14.9. The standard InChI is InChI=1S/C13H17F.C9H12O/c1-13(9-3-2-4-10-13)11-5-7-12(14)8-6-11;1-2-10-9-7-5-3-4-6-8-9/h5-8H,2-4,9-10H2,1H3;3-7H,2,8H2,1H3. The average Bonchev–Trinajstić information content (AvgIpc) is 2.86. The van der Waals surface area contributed by atoms with Crippen LogP contribution in [0.15, 0.2) is 60.4 Å². The van der Waals surface area contributed by atoms with Gasteiger partial charge >= 0.3 is 0 Å². The Morgan fingerprint density at radius 1 is 1.00 bits per heavy atom. The molecule has 0 heterocycles. The van der Waals surface area contributed by atoms with Gasteiger partial charge in [0.2, 0.25) is 0 Å². The first-order valence-corrected chi connectivity index (χ1v) is 9.05. The topological polar surface area (TPSA) is 9.23 Å². The molecule has 24 heavy (non-hydrogen) atoms. The second-order valence-electron chi connectivity index (χ2n) is 6.71. The van der Waals surface area contributed by atoms with Gasteiger partial charge in [0, 0.05) is 6.42 Å². The lowest BCUT2D eigenvalue weighted by atomic mass is 9.71. The zero-order chi connectivity index (χ0) is 17.3. The Morgan fingerprint density at radius 2 is 1.71 bits per heavy atom. The van der Waals surface area contributed by atoms with E-state index in [0.717, 1.165) is 18.8 Å². The molecule has 2 aliphatic rings. The SMILES string of the molecule is CC1(c2ccc(F)cc2)CCCCC1.CCOC1=CC=CC=CC1. The molecule has 0 aliphatic heterocycles. The van der Waals surface area contributed by atoms with E-state index in [1.807, 2.05) is 43.4 Å². The minimum Gasteiger partial charge on any atom is -0.498 e. The fourth-order valence-corrected chi connectivity index (χ4v) is 3.32. The molecular weight excluding hydrogens is 299 g/mol. The van der Waals surface area contributed by atoms with E-state index in [1.165, 1.54) is 37.7 Å². The molecule has 1 saturated carbocycles. The lowest BCUT2D eigenvalue weighted by Crippen LogP contribution is -2.24. The molecule has 1 aromatic carbocycles. The van der Waals surface area contributed by atoms with Crippen molar-refractivity contribution in [1.82, 2.24) is 0 Å². The van der Waals surface area contributed by atoms with E-state index >= 15 is 0 Å². The Balaban J connectivity index is 0.000000185. The summed E-state index contributed by atoms with van der Waals surface area (Å²) in [7, 11) is 0. The van der Waals surface area contributed by atoms with Crippen LogP contribution in [-0.4, -0.2) is 6.61 Å². The van der Waals surface area contributed by atoms with E-state index < -0.39 is 0 Å². The number of rotatable bonds is 3. The van der Waals surface area contributed by atoms with Gasteiger partial charge in [-0.2, -0.15) is 0 Å². The molecule has 2 aliphatic carbocycles. The smallest absolute Gasteiger partial charge is 0.123 e. The van der Waals surface area contributed by atoms with Crippen molar-refractivity contribution in [3.63, 3.8) is 0 Å². The van der Waals surface area contributed by atoms with Crippen LogP contribution in [0.3, 0.4) is 0 Å². The molecule has 0 aromatic heterocycles. The Hall–Kier alpha value is -1.83. The van der Waals surface area contributed by atoms with Gasteiger partial charge in [0.15, 0.2) is 0 Å². The quantitative estimate of drug-likeness (QED) is 0.618. The second-order valence-corrected chi connectivity index (χ2v) is 6.71. The van der Waals surface area contributed by atoms with Crippen LogP contribution >= 0.6 is 0 Å². The predicted molar refractivity (Wildman–Crippen MR) is 99.4 cm³/mol. The fourth-order valence-electron chi connectivity index (χ4n) is 3.32. The minimum absolute atomic E-state index is 0.131. The van der Waals surface area contributed by atoms with Gasteiger partial charge in [-0.1, -0.05) is 62.6 Å². The highest BCUT2D eigenvalue weighted by molar-refractivity contribution is 5.25. The maximum Gasteiger partial charge on any atom is 0.123 e. The number of allylic oxidation sites excluding steroid dienone is 5. The summed E-state index contributed by atoms with van der Waals surface area (Å²) in [5.74, 6) is 0.917. The number of ether oxygens (including phenoxy) is 1. The van der Waals surface area contributed by atoms with Crippen molar-refractivity contribution in [2.45, 2.75) is 57.8 Å². The van der Waals surface area contributed by atoms with Crippen molar-refractivity contribution in [2.24, 2.45) is 0 Å². The summed E-state index contributed by atoms with van der Waals surface area (Å²) in [5.41, 5.74) is 1.60. The Kier molecular flexibility index (Phi) is 7.30. The van der Waals surface area contributed by atoms with Crippen LogP contribution in [0.25, 0.3) is 0 Å². The summed E-state index contributed by atoms with van der Waals surface area (Å²) in [6, 6.07) is 7.05. The van der Waals surface area contributed by atoms with Crippen LogP contribution in [0.4, 0.5) is 4.39 Å². The molecule has 1 fully saturated rings.